The molecule has 0 aliphatic rings. The average Bonchev–Trinajstić information content (AvgIpc) is 3.03. The molecule has 0 aromatic carbocycles. The van der Waals surface area contributed by atoms with Gasteiger partial charge in [-0.15, -0.1) is 0 Å². The topological polar surface area (TPSA) is 80.3 Å². The molecule has 25 heavy (non-hydrogen) atoms. The van der Waals surface area contributed by atoms with Crippen LogP contribution in [0.5, 0.6) is 0 Å². The van der Waals surface area contributed by atoms with Crippen molar-refractivity contribution in [2.75, 3.05) is 0 Å². The minimum atomic E-state index is 0.368. The number of pyridine rings is 3. The molecule has 0 unspecified atom stereocenters. The molecule has 4 aromatic heterocycles. The number of nitrogens with zero attached hydrogens (tertiary/aromatic N) is 6. The first-order valence-corrected chi connectivity index (χ1v) is 7.85. The van der Waals surface area contributed by atoms with Gasteiger partial charge in [-0.1, -0.05) is 11.6 Å². The van der Waals surface area contributed by atoms with E-state index in [9.17, 15) is 0 Å². The van der Waals surface area contributed by atoms with Crippen molar-refractivity contribution in [3.05, 3.63) is 59.8 Å². The Hall–Kier alpha value is -3.30. The van der Waals surface area contributed by atoms with E-state index in [2.05, 4.69) is 20.1 Å². The summed E-state index contributed by atoms with van der Waals surface area (Å²) in [7, 11) is 1.85. The van der Waals surface area contributed by atoms with Crippen LogP contribution in [0.2, 0.25) is 5.15 Å². The number of aryl methyl sites for hydroxylation is 1. The first kappa shape index (κ1) is 15.2. The van der Waals surface area contributed by atoms with E-state index in [0.717, 1.165) is 33.4 Å². The lowest BCUT2D eigenvalue weighted by Crippen LogP contribution is -1.90. The van der Waals surface area contributed by atoms with E-state index in [-0.39, 0.29) is 0 Å². The first-order valence-electron chi connectivity index (χ1n) is 7.47. The molecule has 0 spiro atoms. The molecule has 6 nitrogen and oxygen atoms in total. The number of rotatable bonds is 2. The summed E-state index contributed by atoms with van der Waals surface area (Å²) in [5, 5.41) is 13.9. The molecule has 0 radical (unpaired) electrons. The van der Waals surface area contributed by atoms with E-state index < -0.39 is 0 Å². The number of aromatic nitrogens is 5. The summed E-state index contributed by atoms with van der Waals surface area (Å²) in [5.74, 6) is 0. The van der Waals surface area contributed by atoms with Crippen LogP contribution in [0.3, 0.4) is 0 Å². The minimum absolute atomic E-state index is 0.368. The van der Waals surface area contributed by atoms with Crippen molar-refractivity contribution in [2.45, 2.75) is 0 Å². The zero-order chi connectivity index (χ0) is 17.4. The van der Waals surface area contributed by atoms with Crippen LogP contribution in [0.25, 0.3) is 33.4 Å². The molecule has 0 N–H and O–H groups in total. The third-order valence-corrected chi connectivity index (χ3v) is 4.01. The standard InChI is InChI=1S/C18H11ClN6/c1-25-10-14(18(24-25)11-2-3-13(7-20)21-8-11)12-6-16-15(22-9-12)4-5-17(19)23-16/h2-6,8-10H,1H3. The molecule has 4 rings (SSSR count). The highest BCUT2D eigenvalue weighted by atomic mass is 35.5. The van der Waals surface area contributed by atoms with Gasteiger partial charge in [0.1, 0.15) is 22.6 Å². The van der Waals surface area contributed by atoms with E-state index in [0.29, 0.717) is 10.8 Å². The van der Waals surface area contributed by atoms with E-state index >= 15 is 0 Å². The molecule has 0 atom stereocenters. The zero-order valence-corrected chi connectivity index (χ0v) is 13.9. The molecule has 4 aromatic rings. The van der Waals surface area contributed by atoms with Crippen LogP contribution in [0.4, 0.5) is 0 Å². The van der Waals surface area contributed by atoms with Gasteiger partial charge in [-0.2, -0.15) is 10.4 Å². The van der Waals surface area contributed by atoms with Crippen molar-refractivity contribution in [3.63, 3.8) is 0 Å². The fraction of sp³-hybridized carbons (Fsp3) is 0.0556. The van der Waals surface area contributed by atoms with Crippen LogP contribution < -0.4 is 0 Å². The van der Waals surface area contributed by atoms with Crippen molar-refractivity contribution in [3.8, 4) is 28.5 Å². The Morgan fingerprint density at radius 2 is 1.88 bits per heavy atom. The molecule has 0 aliphatic heterocycles. The van der Waals surface area contributed by atoms with Crippen LogP contribution in [0.1, 0.15) is 5.69 Å². The highest BCUT2D eigenvalue weighted by molar-refractivity contribution is 6.29. The molecule has 0 saturated heterocycles. The summed E-state index contributed by atoms with van der Waals surface area (Å²) in [6.45, 7) is 0. The molecule has 4 heterocycles. The van der Waals surface area contributed by atoms with Gasteiger partial charge in [-0.05, 0) is 30.3 Å². The van der Waals surface area contributed by atoms with Gasteiger partial charge in [0.25, 0.3) is 0 Å². The van der Waals surface area contributed by atoms with Gasteiger partial charge in [-0.25, -0.2) is 9.97 Å². The Bertz CT molecular complexity index is 1120. The van der Waals surface area contributed by atoms with Crippen molar-refractivity contribution in [1.29, 1.82) is 5.26 Å². The van der Waals surface area contributed by atoms with Crippen molar-refractivity contribution >= 4 is 22.6 Å². The van der Waals surface area contributed by atoms with Crippen molar-refractivity contribution in [1.82, 2.24) is 24.7 Å². The molecule has 0 bridgehead atoms. The van der Waals surface area contributed by atoms with E-state index in [1.165, 1.54) is 0 Å². The lowest BCUT2D eigenvalue weighted by Gasteiger charge is -2.04. The fourth-order valence-electron chi connectivity index (χ4n) is 2.64. The molecule has 0 saturated carbocycles. The normalized spacial score (nSPS) is 10.8. The lowest BCUT2D eigenvalue weighted by atomic mass is 10.0. The molecule has 0 fully saturated rings. The van der Waals surface area contributed by atoms with Crippen LogP contribution in [-0.4, -0.2) is 24.7 Å². The van der Waals surface area contributed by atoms with Gasteiger partial charge in [0, 0.05) is 42.3 Å². The second-order valence-electron chi connectivity index (χ2n) is 5.51. The number of nitriles is 1. The average molecular weight is 347 g/mol. The van der Waals surface area contributed by atoms with E-state index in [1.807, 2.05) is 37.5 Å². The second kappa shape index (κ2) is 5.96. The summed E-state index contributed by atoms with van der Waals surface area (Å²) < 4.78 is 1.73. The Balaban J connectivity index is 1.87. The number of halogens is 1. The third kappa shape index (κ3) is 2.82. The number of hydrogen-bond donors (Lipinski definition) is 0. The summed E-state index contributed by atoms with van der Waals surface area (Å²) in [6, 6.07) is 11.0. The summed E-state index contributed by atoms with van der Waals surface area (Å²) in [5.41, 5.74) is 5.25. The second-order valence-corrected chi connectivity index (χ2v) is 5.89. The van der Waals surface area contributed by atoms with Crippen LogP contribution in [0.15, 0.2) is 48.9 Å². The van der Waals surface area contributed by atoms with Gasteiger partial charge in [0.15, 0.2) is 0 Å². The highest BCUT2D eigenvalue weighted by Crippen LogP contribution is 2.31. The van der Waals surface area contributed by atoms with E-state index in [1.54, 1.807) is 29.2 Å². The molecule has 7 heteroatoms. The summed E-state index contributed by atoms with van der Waals surface area (Å²) >= 11 is 5.99. The van der Waals surface area contributed by atoms with Gasteiger partial charge >= 0.3 is 0 Å². The minimum Gasteiger partial charge on any atom is -0.275 e. The van der Waals surface area contributed by atoms with Crippen molar-refractivity contribution in [2.24, 2.45) is 7.05 Å². The van der Waals surface area contributed by atoms with Gasteiger partial charge in [-0.3, -0.25) is 9.67 Å². The molecular weight excluding hydrogens is 336 g/mol. The maximum Gasteiger partial charge on any atom is 0.140 e. The van der Waals surface area contributed by atoms with Gasteiger partial charge < -0.3 is 0 Å². The molecular formula is C18H11ClN6. The maximum absolute atomic E-state index is 8.90. The smallest absolute Gasteiger partial charge is 0.140 e. The van der Waals surface area contributed by atoms with Crippen LogP contribution >= 0.6 is 11.6 Å². The fourth-order valence-corrected chi connectivity index (χ4v) is 2.80. The Kier molecular flexibility index (Phi) is 3.64. The van der Waals surface area contributed by atoms with Crippen LogP contribution in [-0.2, 0) is 7.05 Å². The molecule has 0 aliphatic carbocycles. The van der Waals surface area contributed by atoms with E-state index in [4.69, 9.17) is 16.9 Å². The van der Waals surface area contributed by atoms with Gasteiger partial charge in [0.05, 0.1) is 11.0 Å². The Morgan fingerprint density at radius 3 is 2.64 bits per heavy atom. The molecule has 120 valence electrons. The number of hydrogen-bond acceptors (Lipinski definition) is 5. The maximum atomic E-state index is 8.90. The predicted molar refractivity (Wildman–Crippen MR) is 94.7 cm³/mol. The highest BCUT2D eigenvalue weighted by Gasteiger charge is 2.14. The predicted octanol–water partition coefficient (Wildman–Crippen LogP) is 3.62. The molecule has 0 amide bonds. The van der Waals surface area contributed by atoms with Crippen LogP contribution in [0, 0.1) is 11.3 Å². The summed E-state index contributed by atoms with van der Waals surface area (Å²) in [6.07, 6.45) is 5.35. The van der Waals surface area contributed by atoms with Gasteiger partial charge in [0.2, 0.25) is 0 Å². The lowest BCUT2D eigenvalue weighted by molar-refractivity contribution is 0.771. The Labute approximate surface area is 148 Å². The largest absolute Gasteiger partial charge is 0.275 e. The third-order valence-electron chi connectivity index (χ3n) is 3.79. The first-order chi connectivity index (χ1) is 12.1. The SMILES string of the molecule is Cn1cc(-c2cnc3ccc(Cl)nc3c2)c(-c2ccc(C#N)nc2)n1. The summed E-state index contributed by atoms with van der Waals surface area (Å²) in [4.78, 5) is 12.9. The number of fused-ring (bicyclic) bond motifs is 1. The quantitative estimate of drug-likeness (QED) is 0.518. The Morgan fingerprint density at radius 1 is 1.04 bits per heavy atom. The zero-order valence-electron chi connectivity index (χ0n) is 13.2. The van der Waals surface area contributed by atoms with Crippen molar-refractivity contribution < 1.29 is 0 Å². The monoisotopic (exact) mass is 346 g/mol.